The molecule has 3 N–H and O–H groups in total. The first-order chi connectivity index (χ1) is 7.70. The van der Waals surface area contributed by atoms with Gasteiger partial charge in [0.1, 0.15) is 0 Å². The van der Waals surface area contributed by atoms with Crippen LogP contribution in [0.2, 0.25) is 0 Å². The molecule has 0 amide bonds. The quantitative estimate of drug-likeness (QED) is 0.792. The predicted octanol–water partition coefficient (Wildman–Crippen LogP) is 1.69. The topological polar surface area (TPSA) is 77.0 Å². The summed E-state index contributed by atoms with van der Waals surface area (Å²) in [7, 11) is 0. The van der Waals surface area contributed by atoms with Gasteiger partial charge in [0.05, 0.1) is 6.04 Å². The Morgan fingerprint density at radius 2 is 2.25 bits per heavy atom. The standard InChI is InChI=1S/C11H18N4O/c1-7(12)9-14-15-10(16-9)13-6-11(4-5-11)8-2-3-8/h7-8H,2-6,12H2,1H3,(H,13,15). The fourth-order valence-corrected chi connectivity index (χ4v) is 2.33. The monoisotopic (exact) mass is 222 g/mol. The molecule has 1 unspecified atom stereocenters. The first-order valence-electron chi connectivity index (χ1n) is 6.02. The Hall–Kier alpha value is -1.10. The minimum Gasteiger partial charge on any atom is -0.406 e. The fourth-order valence-electron chi connectivity index (χ4n) is 2.33. The zero-order valence-electron chi connectivity index (χ0n) is 9.57. The smallest absolute Gasteiger partial charge is 0.315 e. The highest BCUT2D eigenvalue weighted by molar-refractivity contribution is 5.21. The van der Waals surface area contributed by atoms with Crippen LogP contribution in [0.5, 0.6) is 0 Å². The van der Waals surface area contributed by atoms with Crippen molar-refractivity contribution in [3.63, 3.8) is 0 Å². The number of hydrogen-bond acceptors (Lipinski definition) is 5. The maximum Gasteiger partial charge on any atom is 0.315 e. The Morgan fingerprint density at radius 1 is 1.50 bits per heavy atom. The Balaban J connectivity index is 1.57. The number of aromatic nitrogens is 2. The summed E-state index contributed by atoms with van der Waals surface area (Å²) >= 11 is 0. The lowest BCUT2D eigenvalue weighted by molar-refractivity contribution is 0.442. The van der Waals surface area contributed by atoms with Gasteiger partial charge in [0.15, 0.2) is 0 Å². The Kier molecular flexibility index (Phi) is 2.17. The maximum atomic E-state index is 5.66. The summed E-state index contributed by atoms with van der Waals surface area (Å²) in [5.41, 5.74) is 6.20. The van der Waals surface area contributed by atoms with Crippen LogP contribution in [0.3, 0.4) is 0 Å². The summed E-state index contributed by atoms with van der Waals surface area (Å²) in [5, 5.41) is 11.1. The van der Waals surface area contributed by atoms with Gasteiger partial charge in [0.25, 0.3) is 0 Å². The van der Waals surface area contributed by atoms with E-state index in [2.05, 4.69) is 15.5 Å². The average Bonchev–Trinajstić information content (AvgIpc) is 3.13. The number of anilines is 1. The average molecular weight is 222 g/mol. The van der Waals surface area contributed by atoms with E-state index < -0.39 is 0 Å². The Bertz CT molecular complexity index is 379. The first kappa shape index (κ1) is 10.1. The zero-order valence-corrected chi connectivity index (χ0v) is 9.57. The van der Waals surface area contributed by atoms with Crippen LogP contribution in [0.15, 0.2) is 4.42 Å². The van der Waals surface area contributed by atoms with Crippen molar-refractivity contribution in [2.45, 2.75) is 38.6 Å². The van der Waals surface area contributed by atoms with E-state index in [4.69, 9.17) is 10.2 Å². The molecule has 1 aromatic heterocycles. The number of nitrogens with zero attached hydrogens (tertiary/aromatic N) is 2. The van der Waals surface area contributed by atoms with E-state index in [1.807, 2.05) is 6.92 Å². The third-order valence-corrected chi connectivity index (χ3v) is 3.76. The lowest BCUT2D eigenvalue weighted by Gasteiger charge is -2.13. The van der Waals surface area contributed by atoms with Crippen LogP contribution in [0.1, 0.15) is 44.5 Å². The van der Waals surface area contributed by atoms with E-state index in [9.17, 15) is 0 Å². The van der Waals surface area contributed by atoms with E-state index in [0.29, 0.717) is 17.3 Å². The van der Waals surface area contributed by atoms with Crippen LogP contribution in [-0.4, -0.2) is 16.7 Å². The van der Waals surface area contributed by atoms with Crippen LogP contribution in [0.4, 0.5) is 6.01 Å². The van der Waals surface area contributed by atoms with Crippen LogP contribution in [0, 0.1) is 11.3 Å². The highest BCUT2D eigenvalue weighted by Gasteiger charge is 2.53. The molecule has 0 aromatic carbocycles. The molecule has 2 aliphatic rings. The molecule has 16 heavy (non-hydrogen) atoms. The molecule has 1 heterocycles. The van der Waals surface area contributed by atoms with Gasteiger partial charge in [0, 0.05) is 6.54 Å². The summed E-state index contributed by atoms with van der Waals surface area (Å²) < 4.78 is 5.41. The van der Waals surface area contributed by atoms with Gasteiger partial charge in [0.2, 0.25) is 5.89 Å². The van der Waals surface area contributed by atoms with Crippen molar-refractivity contribution < 1.29 is 4.42 Å². The Labute approximate surface area is 94.8 Å². The van der Waals surface area contributed by atoms with Crippen LogP contribution in [0.25, 0.3) is 0 Å². The van der Waals surface area contributed by atoms with E-state index in [1.54, 1.807) is 0 Å². The second kappa shape index (κ2) is 3.45. The van der Waals surface area contributed by atoms with Crippen molar-refractivity contribution >= 4 is 6.01 Å². The zero-order chi connectivity index (χ0) is 11.2. The number of nitrogens with two attached hydrogens (primary N) is 1. The molecule has 2 aliphatic carbocycles. The molecule has 2 fully saturated rings. The molecule has 88 valence electrons. The Morgan fingerprint density at radius 3 is 2.75 bits per heavy atom. The molecule has 5 heteroatoms. The van der Waals surface area contributed by atoms with Crippen LogP contribution >= 0.6 is 0 Å². The minimum absolute atomic E-state index is 0.193. The molecule has 0 spiro atoms. The predicted molar refractivity (Wildman–Crippen MR) is 59.8 cm³/mol. The summed E-state index contributed by atoms with van der Waals surface area (Å²) in [6.45, 7) is 2.81. The van der Waals surface area contributed by atoms with Crippen molar-refractivity contribution in [3.05, 3.63) is 5.89 Å². The largest absolute Gasteiger partial charge is 0.406 e. The van der Waals surface area contributed by atoms with Gasteiger partial charge < -0.3 is 15.5 Å². The van der Waals surface area contributed by atoms with Gasteiger partial charge in [-0.1, -0.05) is 5.10 Å². The van der Waals surface area contributed by atoms with Gasteiger partial charge in [-0.25, -0.2) is 0 Å². The van der Waals surface area contributed by atoms with Crippen LogP contribution in [-0.2, 0) is 0 Å². The van der Waals surface area contributed by atoms with Gasteiger partial charge in [-0.15, -0.1) is 5.10 Å². The van der Waals surface area contributed by atoms with Crippen molar-refractivity contribution in [3.8, 4) is 0 Å². The van der Waals surface area contributed by atoms with E-state index in [0.717, 1.165) is 12.5 Å². The summed E-state index contributed by atoms with van der Waals surface area (Å²) in [4.78, 5) is 0. The normalized spacial score (nSPS) is 24.1. The highest BCUT2D eigenvalue weighted by atomic mass is 16.4. The summed E-state index contributed by atoms with van der Waals surface area (Å²) in [6, 6.07) is 0.320. The van der Waals surface area contributed by atoms with Crippen LogP contribution < -0.4 is 11.1 Å². The second-order valence-electron chi connectivity index (χ2n) is 5.22. The number of rotatable bonds is 5. The van der Waals surface area contributed by atoms with Gasteiger partial charge in [-0.05, 0) is 43.9 Å². The molecule has 3 rings (SSSR count). The molecule has 0 saturated heterocycles. The molecule has 0 aliphatic heterocycles. The number of nitrogens with one attached hydrogen (secondary N) is 1. The third-order valence-electron chi connectivity index (χ3n) is 3.76. The van der Waals surface area contributed by atoms with Crippen molar-refractivity contribution in [2.75, 3.05) is 11.9 Å². The molecule has 1 aromatic rings. The molecule has 2 saturated carbocycles. The second-order valence-corrected chi connectivity index (χ2v) is 5.22. The highest BCUT2D eigenvalue weighted by Crippen LogP contribution is 2.61. The summed E-state index contributed by atoms with van der Waals surface area (Å²) in [5.74, 6) is 1.44. The van der Waals surface area contributed by atoms with Crippen molar-refractivity contribution in [2.24, 2.45) is 17.1 Å². The number of hydrogen-bond donors (Lipinski definition) is 2. The maximum absolute atomic E-state index is 5.66. The fraction of sp³-hybridized carbons (Fsp3) is 0.818. The van der Waals surface area contributed by atoms with Gasteiger partial charge in [-0.2, -0.15) is 0 Å². The molecule has 5 nitrogen and oxygen atoms in total. The molecular weight excluding hydrogens is 204 g/mol. The summed E-state index contributed by atoms with van der Waals surface area (Å²) in [6.07, 6.45) is 5.49. The molecule has 0 bridgehead atoms. The first-order valence-corrected chi connectivity index (χ1v) is 6.02. The van der Waals surface area contributed by atoms with Crippen molar-refractivity contribution in [1.82, 2.24) is 10.2 Å². The van der Waals surface area contributed by atoms with Gasteiger partial charge in [-0.3, -0.25) is 0 Å². The minimum atomic E-state index is -0.193. The lowest BCUT2D eigenvalue weighted by Crippen LogP contribution is -2.17. The van der Waals surface area contributed by atoms with E-state index >= 15 is 0 Å². The van der Waals surface area contributed by atoms with E-state index in [1.165, 1.54) is 25.7 Å². The molecule has 1 atom stereocenters. The SMILES string of the molecule is CC(N)c1nnc(NCC2(C3CC3)CC2)o1. The van der Waals surface area contributed by atoms with E-state index in [-0.39, 0.29) is 6.04 Å². The molecular formula is C11H18N4O. The van der Waals surface area contributed by atoms with Gasteiger partial charge >= 0.3 is 6.01 Å². The third kappa shape index (κ3) is 1.80. The lowest BCUT2D eigenvalue weighted by atomic mass is 10.0. The van der Waals surface area contributed by atoms with Crippen molar-refractivity contribution in [1.29, 1.82) is 0 Å². The molecule has 0 radical (unpaired) electrons.